The highest BCUT2D eigenvalue weighted by Gasteiger charge is 2.04. The van der Waals surface area contributed by atoms with Crippen molar-refractivity contribution in [3.8, 4) is 5.75 Å². The van der Waals surface area contributed by atoms with Crippen molar-refractivity contribution in [1.82, 2.24) is 0 Å². The molecule has 0 unspecified atom stereocenters. The molecule has 1 rings (SSSR count). The second-order valence-electron chi connectivity index (χ2n) is 3.12. The van der Waals surface area contributed by atoms with Gasteiger partial charge in [0.25, 0.3) is 0 Å². The zero-order chi connectivity index (χ0) is 11.3. The molecular weight excluding hydrogens is 200 g/mol. The van der Waals surface area contributed by atoms with Gasteiger partial charge in [-0.15, -0.1) is 0 Å². The van der Waals surface area contributed by atoms with Gasteiger partial charge in [0, 0.05) is 6.54 Å². The van der Waals surface area contributed by atoms with Gasteiger partial charge in [0.1, 0.15) is 0 Å². The minimum absolute atomic E-state index is 0.129. The van der Waals surface area contributed by atoms with Gasteiger partial charge in [-0.3, -0.25) is 0 Å². The lowest BCUT2D eigenvalue weighted by Gasteiger charge is -2.06. The predicted octanol–water partition coefficient (Wildman–Crippen LogP) is 2.19. The normalized spacial score (nSPS) is 11.6. The van der Waals surface area contributed by atoms with Crippen LogP contribution in [0, 0.1) is 5.82 Å². The summed E-state index contributed by atoms with van der Waals surface area (Å²) in [7, 11) is 1.39. The molecule has 82 valence electrons. The highest BCUT2D eigenvalue weighted by molar-refractivity contribution is 5.31. The van der Waals surface area contributed by atoms with Crippen molar-refractivity contribution in [2.75, 3.05) is 13.7 Å². The molecule has 0 bridgehead atoms. The van der Waals surface area contributed by atoms with Crippen LogP contribution >= 0.6 is 0 Å². The molecule has 0 fully saturated rings. The number of halogens is 2. The topological polar surface area (TPSA) is 35.2 Å². The number of benzene rings is 1. The van der Waals surface area contributed by atoms with Crippen LogP contribution in [0.5, 0.6) is 5.75 Å². The zero-order valence-electron chi connectivity index (χ0n) is 8.47. The van der Waals surface area contributed by atoms with Crippen molar-refractivity contribution in [1.29, 1.82) is 0 Å². The summed E-state index contributed by atoms with van der Waals surface area (Å²) in [6, 6.07) is 4.51. The van der Waals surface area contributed by atoms with Crippen molar-refractivity contribution in [3.05, 3.63) is 41.5 Å². The molecule has 1 aromatic rings. The first-order chi connectivity index (χ1) is 7.21. The Labute approximate surface area is 87.4 Å². The van der Waals surface area contributed by atoms with Crippen LogP contribution in [-0.4, -0.2) is 13.7 Å². The minimum Gasteiger partial charge on any atom is -0.494 e. The van der Waals surface area contributed by atoms with E-state index in [-0.39, 0.29) is 12.3 Å². The average molecular weight is 213 g/mol. The second kappa shape index (κ2) is 5.46. The molecular formula is C11H13F2NO. The molecule has 0 amide bonds. The number of hydrogen-bond acceptors (Lipinski definition) is 2. The van der Waals surface area contributed by atoms with Crippen molar-refractivity contribution >= 4 is 0 Å². The van der Waals surface area contributed by atoms with Crippen molar-refractivity contribution in [2.24, 2.45) is 5.73 Å². The van der Waals surface area contributed by atoms with E-state index < -0.39 is 5.82 Å². The van der Waals surface area contributed by atoms with E-state index in [2.05, 4.69) is 0 Å². The highest BCUT2D eigenvalue weighted by Crippen LogP contribution is 2.19. The van der Waals surface area contributed by atoms with Crippen LogP contribution in [0.15, 0.2) is 30.1 Å². The van der Waals surface area contributed by atoms with Gasteiger partial charge in [-0.2, -0.15) is 0 Å². The summed E-state index contributed by atoms with van der Waals surface area (Å²) in [4.78, 5) is 0. The van der Waals surface area contributed by atoms with Crippen LogP contribution < -0.4 is 10.5 Å². The van der Waals surface area contributed by atoms with Crippen molar-refractivity contribution < 1.29 is 13.5 Å². The first kappa shape index (κ1) is 11.7. The molecule has 0 saturated heterocycles. The molecule has 0 heterocycles. The summed E-state index contributed by atoms with van der Waals surface area (Å²) in [5, 5.41) is 0. The quantitative estimate of drug-likeness (QED) is 0.832. The number of rotatable bonds is 4. The van der Waals surface area contributed by atoms with E-state index >= 15 is 0 Å². The van der Waals surface area contributed by atoms with Crippen LogP contribution in [0.25, 0.3) is 0 Å². The summed E-state index contributed by atoms with van der Waals surface area (Å²) in [6.07, 6.45) is 0.774. The van der Waals surface area contributed by atoms with Crippen LogP contribution in [0.2, 0.25) is 0 Å². The first-order valence-electron chi connectivity index (χ1n) is 4.52. The Kier molecular flexibility index (Phi) is 4.24. The Bertz CT molecular complexity index is 364. The van der Waals surface area contributed by atoms with Gasteiger partial charge >= 0.3 is 0 Å². The summed E-state index contributed by atoms with van der Waals surface area (Å²) in [5.41, 5.74) is 6.40. The predicted molar refractivity (Wildman–Crippen MR) is 54.9 cm³/mol. The molecule has 2 N–H and O–H groups in total. The zero-order valence-corrected chi connectivity index (χ0v) is 8.47. The lowest BCUT2D eigenvalue weighted by Crippen LogP contribution is -2.05. The Hall–Kier alpha value is -1.42. The van der Waals surface area contributed by atoms with E-state index in [1.54, 1.807) is 6.07 Å². The molecule has 0 radical (unpaired) electrons. The number of hydrogen-bond donors (Lipinski definition) is 1. The third kappa shape index (κ3) is 3.02. The third-order valence-electron chi connectivity index (χ3n) is 2.06. The molecule has 0 atom stereocenters. The maximum Gasteiger partial charge on any atom is 0.165 e. The average Bonchev–Trinajstić information content (AvgIpc) is 2.26. The molecule has 0 saturated carbocycles. The number of ether oxygens (including phenoxy) is 1. The Morgan fingerprint density at radius 1 is 1.53 bits per heavy atom. The van der Waals surface area contributed by atoms with Gasteiger partial charge in [0.2, 0.25) is 0 Å². The van der Waals surface area contributed by atoms with Gasteiger partial charge in [-0.05, 0) is 29.7 Å². The van der Waals surface area contributed by atoms with E-state index in [0.717, 1.165) is 0 Å². The number of methoxy groups -OCH3 is 1. The van der Waals surface area contributed by atoms with Crippen molar-refractivity contribution in [2.45, 2.75) is 6.42 Å². The van der Waals surface area contributed by atoms with Gasteiger partial charge in [-0.1, -0.05) is 6.07 Å². The SMILES string of the molecule is COc1ccc(CC(=CF)CN)cc1F. The molecule has 4 heteroatoms. The molecule has 0 spiro atoms. The lowest BCUT2D eigenvalue weighted by atomic mass is 10.1. The maximum absolute atomic E-state index is 13.2. The van der Waals surface area contributed by atoms with E-state index in [1.165, 1.54) is 19.2 Å². The summed E-state index contributed by atoms with van der Waals surface area (Å²) in [5.74, 6) is -0.275. The number of nitrogens with two attached hydrogens (primary N) is 1. The Balaban J connectivity index is 2.84. The lowest BCUT2D eigenvalue weighted by molar-refractivity contribution is 0.386. The van der Waals surface area contributed by atoms with E-state index in [0.29, 0.717) is 23.9 Å². The van der Waals surface area contributed by atoms with Crippen LogP contribution in [0.3, 0.4) is 0 Å². The van der Waals surface area contributed by atoms with Crippen LogP contribution in [-0.2, 0) is 6.42 Å². The summed E-state index contributed by atoms with van der Waals surface area (Å²) < 4.78 is 30.2. The maximum atomic E-state index is 13.2. The van der Waals surface area contributed by atoms with Gasteiger partial charge < -0.3 is 10.5 Å². The molecule has 0 aliphatic rings. The third-order valence-corrected chi connectivity index (χ3v) is 2.06. The van der Waals surface area contributed by atoms with E-state index in [1.807, 2.05) is 0 Å². The largest absolute Gasteiger partial charge is 0.494 e. The first-order valence-corrected chi connectivity index (χ1v) is 4.52. The van der Waals surface area contributed by atoms with Crippen molar-refractivity contribution in [3.63, 3.8) is 0 Å². The Morgan fingerprint density at radius 3 is 2.73 bits per heavy atom. The highest BCUT2D eigenvalue weighted by atomic mass is 19.1. The smallest absolute Gasteiger partial charge is 0.165 e. The monoisotopic (exact) mass is 213 g/mol. The molecule has 0 aromatic heterocycles. The van der Waals surface area contributed by atoms with Gasteiger partial charge in [0.05, 0.1) is 13.4 Å². The van der Waals surface area contributed by atoms with Gasteiger partial charge in [0.15, 0.2) is 11.6 Å². The van der Waals surface area contributed by atoms with Crippen LogP contribution in [0.4, 0.5) is 8.78 Å². The second-order valence-corrected chi connectivity index (χ2v) is 3.12. The standard InChI is InChI=1S/C11H13F2NO/c1-15-11-3-2-8(5-10(11)13)4-9(6-12)7-14/h2-3,5-6H,4,7,14H2,1H3. The molecule has 15 heavy (non-hydrogen) atoms. The molecule has 0 aliphatic carbocycles. The molecule has 1 aromatic carbocycles. The van der Waals surface area contributed by atoms with E-state index in [9.17, 15) is 8.78 Å². The minimum atomic E-state index is -0.453. The summed E-state index contributed by atoms with van der Waals surface area (Å²) in [6.45, 7) is 0.129. The molecule has 0 aliphatic heterocycles. The van der Waals surface area contributed by atoms with Crippen LogP contribution in [0.1, 0.15) is 5.56 Å². The van der Waals surface area contributed by atoms with E-state index in [4.69, 9.17) is 10.5 Å². The fourth-order valence-corrected chi connectivity index (χ4v) is 1.24. The molecule has 2 nitrogen and oxygen atoms in total. The Morgan fingerprint density at radius 2 is 2.27 bits per heavy atom. The fraction of sp³-hybridized carbons (Fsp3) is 0.273. The fourth-order valence-electron chi connectivity index (χ4n) is 1.24. The summed E-state index contributed by atoms with van der Waals surface area (Å²) >= 11 is 0. The van der Waals surface area contributed by atoms with Gasteiger partial charge in [-0.25, -0.2) is 8.78 Å².